The van der Waals surface area contributed by atoms with Crippen LogP contribution in [0, 0.1) is 0 Å². The van der Waals surface area contributed by atoms with Crippen molar-refractivity contribution >= 4 is 29.1 Å². The van der Waals surface area contributed by atoms with Crippen LogP contribution < -0.4 is 11.1 Å². The van der Waals surface area contributed by atoms with Crippen molar-refractivity contribution in [2.24, 2.45) is 5.73 Å². The average Bonchev–Trinajstić information content (AvgIpc) is 2.02. The molecule has 0 aliphatic heterocycles. The Morgan fingerprint density at radius 3 is 1.85 bits per heavy atom. The molecule has 0 radical (unpaired) electrons. The van der Waals surface area contributed by atoms with Gasteiger partial charge in [0, 0.05) is 0 Å². The van der Waals surface area contributed by atoms with Crippen LogP contribution in [-0.4, -0.2) is 40.2 Å². The normalized spacial score (nSPS) is 7.85. The van der Waals surface area contributed by atoms with Gasteiger partial charge >= 0.3 is 11.9 Å². The smallest absolute Gasteiger partial charge is 0.322 e. The predicted octanol–water partition coefficient (Wildman–Crippen LogP) is -0.962. The summed E-state index contributed by atoms with van der Waals surface area (Å²) >= 11 is 4.54. The monoisotopic (exact) mass is 208 g/mol. The van der Waals surface area contributed by atoms with E-state index in [9.17, 15) is 9.59 Å². The summed E-state index contributed by atoms with van der Waals surface area (Å²) in [6, 6.07) is 0. The number of nitrogens with one attached hydrogen (secondary N) is 1. The molecule has 0 aromatic rings. The minimum Gasteiger partial charge on any atom is -0.480 e. The van der Waals surface area contributed by atoms with Crippen LogP contribution in [0.2, 0.25) is 0 Å². The fourth-order valence-electron chi connectivity index (χ4n) is 0.200. The van der Waals surface area contributed by atoms with Gasteiger partial charge in [0.25, 0.3) is 0 Å². The number of hydrogen-bond acceptors (Lipinski definition) is 4. The van der Waals surface area contributed by atoms with Gasteiger partial charge in [0.15, 0.2) is 0 Å². The molecular formula is C6H12N2O4S. The molecule has 76 valence electrons. The lowest BCUT2D eigenvalue weighted by Crippen LogP contribution is -2.25. The molecule has 0 atom stereocenters. The third kappa shape index (κ3) is 24.9. The standard InChI is InChI=1S/C4H7NO2S.C2H5NO2/c1-3(8)5-2-4(6)7;3-1-2(4)5/h2H2,1H3,(H,5,8)(H,6,7);1,3H2,(H,4,5). The maximum absolute atomic E-state index is 9.78. The molecule has 0 aliphatic carbocycles. The summed E-state index contributed by atoms with van der Waals surface area (Å²) in [5.41, 5.74) is 4.57. The molecule has 6 nitrogen and oxygen atoms in total. The second-order valence-corrected chi connectivity index (χ2v) is 2.51. The maximum Gasteiger partial charge on any atom is 0.322 e. The first-order valence-electron chi connectivity index (χ1n) is 3.28. The van der Waals surface area contributed by atoms with Crippen LogP contribution >= 0.6 is 12.2 Å². The van der Waals surface area contributed by atoms with E-state index in [1.165, 1.54) is 0 Å². The highest BCUT2D eigenvalue weighted by Gasteiger charge is 1.92. The largest absolute Gasteiger partial charge is 0.480 e. The summed E-state index contributed by atoms with van der Waals surface area (Å²) in [7, 11) is 0. The summed E-state index contributed by atoms with van der Waals surface area (Å²) in [6.45, 7) is 1.27. The van der Waals surface area contributed by atoms with E-state index >= 15 is 0 Å². The SMILES string of the molecule is CC(=S)NCC(=O)O.NCC(=O)O. The van der Waals surface area contributed by atoms with Gasteiger partial charge in [-0.25, -0.2) is 0 Å². The Morgan fingerprint density at radius 1 is 1.38 bits per heavy atom. The number of hydrogen-bond donors (Lipinski definition) is 4. The second kappa shape index (κ2) is 8.88. The molecule has 0 fully saturated rings. The van der Waals surface area contributed by atoms with Gasteiger partial charge in [-0.05, 0) is 6.92 Å². The van der Waals surface area contributed by atoms with Crippen LogP contribution in [0.15, 0.2) is 0 Å². The summed E-state index contributed by atoms with van der Waals surface area (Å²) in [5.74, 6) is -1.86. The lowest BCUT2D eigenvalue weighted by molar-refractivity contribution is -0.136. The zero-order valence-electron chi connectivity index (χ0n) is 7.11. The van der Waals surface area contributed by atoms with Gasteiger partial charge in [0.1, 0.15) is 6.54 Å². The predicted molar refractivity (Wildman–Crippen MR) is 50.6 cm³/mol. The van der Waals surface area contributed by atoms with Gasteiger partial charge in [0.05, 0.1) is 11.5 Å². The zero-order chi connectivity index (χ0) is 10.9. The number of nitrogens with two attached hydrogens (primary N) is 1. The van der Waals surface area contributed by atoms with Crippen molar-refractivity contribution in [1.29, 1.82) is 0 Å². The van der Waals surface area contributed by atoms with E-state index in [0.717, 1.165) is 0 Å². The fraction of sp³-hybridized carbons (Fsp3) is 0.500. The van der Waals surface area contributed by atoms with E-state index in [4.69, 9.17) is 10.2 Å². The molecule has 0 spiro atoms. The van der Waals surface area contributed by atoms with E-state index in [0.29, 0.717) is 4.99 Å². The highest BCUT2D eigenvalue weighted by atomic mass is 32.1. The minimum atomic E-state index is -0.968. The van der Waals surface area contributed by atoms with E-state index in [2.05, 4.69) is 23.3 Å². The molecule has 0 aliphatic rings. The molecule has 7 heteroatoms. The Labute approximate surface area is 80.7 Å². The van der Waals surface area contributed by atoms with Gasteiger partial charge in [-0.1, -0.05) is 12.2 Å². The molecule has 5 N–H and O–H groups in total. The third-order valence-electron chi connectivity index (χ3n) is 0.663. The Balaban J connectivity index is 0. The van der Waals surface area contributed by atoms with E-state index < -0.39 is 11.9 Å². The zero-order valence-corrected chi connectivity index (χ0v) is 7.93. The van der Waals surface area contributed by atoms with Crippen LogP contribution in [-0.2, 0) is 9.59 Å². The highest BCUT2D eigenvalue weighted by Crippen LogP contribution is 1.65. The van der Waals surface area contributed by atoms with E-state index in [1.807, 2.05) is 0 Å². The molecular weight excluding hydrogens is 196 g/mol. The van der Waals surface area contributed by atoms with Gasteiger partial charge in [-0.2, -0.15) is 0 Å². The molecule has 0 heterocycles. The number of carboxylic acids is 2. The van der Waals surface area contributed by atoms with Crippen molar-refractivity contribution in [3.8, 4) is 0 Å². The van der Waals surface area contributed by atoms with Crippen molar-refractivity contribution in [3.63, 3.8) is 0 Å². The molecule has 0 amide bonds. The van der Waals surface area contributed by atoms with Crippen molar-refractivity contribution in [2.75, 3.05) is 13.1 Å². The first-order chi connectivity index (χ1) is 5.90. The minimum absolute atomic E-state index is 0.0880. The molecule has 0 unspecified atom stereocenters. The number of aliphatic carboxylic acids is 2. The quantitative estimate of drug-likeness (QED) is 0.442. The number of thiocarbonyl (C=S) groups is 1. The summed E-state index contributed by atoms with van der Waals surface area (Å²) in [4.78, 5) is 19.5. The Hall–Kier alpha value is -1.21. The summed E-state index contributed by atoms with van der Waals surface area (Å²) in [5, 5.41) is 18.1. The molecule has 0 saturated carbocycles. The Kier molecular flexibility index (Phi) is 9.79. The number of carboxylic acid groups (broad SMARTS) is 2. The topological polar surface area (TPSA) is 113 Å². The first-order valence-corrected chi connectivity index (χ1v) is 3.69. The Bertz CT molecular complexity index is 181. The highest BCUT2D eigenvalue weighted by molar-refractivity contribution is 7.80. The summed E-state index contributed by atoms with van der Waals surface area (Å²) < 4.78 is 0. The van der Waals surface area contributed by atoms with E-state index in [1.54, 1.807) is 6.92 Å². The van der Waals surface area contributed by atoms with Crippen LogP contribution in [0.5, 0.6) is 0 Å². The van der Waals surface area contributed by atoms with Crippen LogP contribution in [0.4, 0.5) is 0 Å². The average molecular weight is 208 g/mol. The maximum atomic E-state index is 9.78. The van der Waals surface area contributed by atoms with Gasteiger partial charge < -0.3 is 21.3 Å². The Morgan fingerprint density at radius 2 is 1.77 bits per heavy atom. The van der Waals surface area contributed by atoms with Crippen molar-refractivity contribution in [2.45, 2.75) is 6.92 Å². The molecule has 0 aromatic carbocycles. The van der Waals surface area contributed by atoms with Crippen molar-refractivity contribution in [1.82, 2.24) is 5.32 Å². The van der Waals surface area contributed by atoms with Gasteiger partial charge in [0.2, 0.25) is 0 Å². The first kappa shape index (κ1) is 14.3. The molecule has 0 saturated heterocycles. The van der Waals surface area contributed by atoms with Gasteiger partial charge in [-0.15, -0.1) is 0 Å². The third-order valence-corrected chi connectivity index (χ3v) is 0.808. The fourth-order valence-corrected chi connectivity index (χ4v) is 0.272. The van der Waals surface area contributed by atoms with Crippen LogP contribution in [0.1, 0.15) is 6.92 Å². The summed E-state index contributed by atoms with van der Waals surface area (Å²) in [6.07, 6.45) is 0. The van der Waals surface area contributed by atoms with Crippen LogP contribution in [0.25, 0.3) is 0 Å². The molecule has 13 heavy (non-hydrogen) atoms. The van der Waals surface area contributed by atoms with Crippen molar-refractivity contribution in [3.05, 3.63) is 0 Å². The molecule has 0 rings (SSSR count). The van der Waals surface area contributed by atoms with Crippen LogP contribution in [0.3, 0.4) is 0 Å². The number of carbonyl (C=O) groups is 2. The lowest BCUT2D eigenvalue weighted by Gasteiger charge is -1.95. The van der Waals surface area contributed by atoms with Crippen molar-refractivity contribution < 1.29 is 19.8 Å². The molecule has 0 bridgehead atoms. The van der Waals surface area contributed by atoms with E-state index in [-0.39, 0.29) is 13.1 Å². The second-order valence-electron chi connectivity index (χ2n) is 1.90. The lowest BCUT2D eigenvalue weighted by atomic mass is 10.6. The van der Waals surface area contributed by atoms with Gasteiger partial charge in [-0.3, -0.25) is 9.59 Å². The molecule has 0 aromatic heterocycles. The number of rotatable bonds is 3.